The molecule has 0 aliphatic carbocycles. The van der Waals surface area contributed by atoms with Gasteiger partial charge in [0.05, 0.1) is 5.69 Å². The summed E-state index contributed by atoms with van der Waals surface area (Å²) in [6.45, 7) is 9.98. The van der Waals surface area contributed by atoms with E-state index in [0.717, 1.165) is 18.0 Å². The van der Waals surface area contributed by atoms with Crippen LogP contribution in [0.2, 0.25) is 0 Å². The minimum absolute atomic E-state index is 0.366. The maximum atomic E-state index is 5.78. The largest absolute Gasteiger partial charge is 0.487 e. The first kappa shape index (κ1) is 15.6. The second-order valence-electron chi connectivity index (χ2n) is 5.52. The van der Waals surface area contributed by atoms with Crippen LogP contribution in [-0.2, 0) is 6.61 Å². The predicted molar refractivity (Wildman–Crippen MR) is 85.5 cm³/mol. The van der Waals surface area contributed by atoms with Crippen LogP contribution in [-0.4, -0.2) is 16.3 Å². The van der Waals surface area contributed by atoms with Gasteiger partial charge in [0, 0.05) is 18.3 Å². The molecule has 2 rings (SSSR count). The summed E-state index contributed by atoms with van der Waals surface area (Å²) in [5, 5.41) is 7.88. The molecule has 0 spiro atoms. The van der Waals surface area contributed by atoms with E-state index in [2.05, 4.69) is 50.2 Å². The molecule has 0 bridgehead atoms. The number of ether oxygens (including phenoxy) is 1. The Balaban J connectivity index is 1.91. The minimum atomic E-state index is 0.366. The summed E-state index contributed by atoms with van der Waals surface area (Å²) >= 11 is 0. The predicted octanol–water partition coefficient (Wildman–Crippen LogP) is 3.71. The van der Waals surface area contributed by atoms with Crippen molar-refractivity contribution in [3.8, 4) is 5.75 Å². The van der Waals surface area contributed by atoms with E-state index in [9.17, 15) is 0 Å². The zero-order valence-electron chi connectivity index (χ0n) is 13.3. The number of hydrogen-bond donors (Lipinski definition) is 1. The van der Waals surface area contributed by atoms with Crippen LogP contribution in [0.3, 0.4) is 0 Å². The Labute approximate surface area is 127 Å². The number of hydrogen-bond acceptors (Lipinski definition) is 3. The molecule has 1 atom stereocenters. The molecular weight excluding hydrogens is 262 g/mol. The van der Waals surface area contributed by atoms with Crippen molar-refractivity contribution in [2.24, 2.45) is 0 Å². The third-order valence-electron chi connectivity index (χ3n) is 3.47. The SMILES string of the molecule is CCNC(C)c1ccc(OCc2ccn(C(C)C)n2)cc1. The van der Waals surface area contributed by atoms with Gasteiger partial charge >= 0.3 is 0 Å². The Hall–Kier alpha value is -1.81. The number of nitrogens with one attached hydrogen (secondary N) is 1. The van der Waals surface area contributed by atoms with E-state index in [1.165, 1.54) is 5.56 Å². The lowest BCUT2D eigenvalue weighted by Crippen LogP contribution is -2.17. The highest BCUT2D eigenvalue weighted by molar-refractivity contribution is 5.29. The standard InChI is InChI=1S/C17H25N3O/c1-5-18-14(4)15-6-8-17(9-7-15)21-12-16-10-11-20(19-16)13(2)3/h6-11,13-14,18H,5,12H2,1-4H3. The Kier molecular flexibility index (Phi) is 5.39. The first-order valence-electron chi connectivity index (χ1n) is 7.60. The summed E-state index contributed by atoms with van der Waals surface area (Å²) in [5.74, 6) is 0.876. The summed E-state index contributed by atoms with van der Waals surface area (Å²) in [4.78, 5) is 0. The third kappa shape index (κ3) is 4.33. The molecule has 1 aromatic carbocycles. The number of nitrogens with zero attached hydrogens (tertiary/aromatic N) is 2. The lowest BCUT2D eigenvalue weighted by Gasteiger charge is -2.13. The molecular formula is C17H25N3O. The van der Waals surface area contributed by atoms with Crippen LogP contribution < -0.4 is 10.1 Å². The van der Waals surface area contributed by atoms with Crippen molar-refractivity contribution < 1.29 is 4.74 Å². The molecule has 0 aliphatic heterocycles. The van der Waals surface area contributed by atoms with Gasteiger partial charge in [0.1, 0.15) is 12.4 Å². The van der Waals surface area contributed by atoms with E-state index in [1.807, 2.05) is 29.1 Å². The normalized spacial score (nSPS) is 12.6. The molecule has 0 amide bonds. The van der Waals surface area contributed by atoms with Gasteiger partial charge in [0.2, 0.25) is 0 Å². The van der Waals surface area contributed by atoms with Gasteiger partial charge in [-0.05, 0) is 51.1 Å². The summed E-state index contributed by atoms with van der Waals surface area (Å²) < 4.78 is 7.73. The molecule has 4 nitrogen and oxygen atoms in total. The number of benzene rings is 1. The second-order valence-corrected chi connectivity index (χ2v) is 5.52. The smallest absolute Gasteiger partial charge is 0.132 e. The first-order chi connectivity index (χ1) is 10.1. The average Bonchev–Trinajstić information content (AvgIpc) is 2.95. The Morgan fingerprint density at radius 1 is 1.14 bits per heavy atom. The van der Waals surface area contributed by atoms with Crippen LogP contribution in [0.1, 0.15) is 51.0 Å². The van der Waals surface area contributed by atoms with Gasteiger partial charge in [-0.2, -0.15) is 5.10 Å². The Morgan fingerprint density at radius 2 is 1.86 bits per heavy atom. The van der Waals surface area contributed by atoms with E-state index in [0.29, 0.717) is 18.7 Å². The van der Waals surface area contributed by atoms with Crippen molar-refractivity contribution in [3.63, 3.8) is 0 Å². The molecule has 0 radical (unpaired) electrons. The number of aromatic nitrogens is 2. The van der Waals surface area contributed by atoms with E-state index in [-0.39, 0.29) is 0 Å². The Bertz CT molecular complexity index is 545. The fourth-order valence-electron chi connectivity index (χ4n) is 2.18. The fraction of sp³-hybridized carbons (Fsp3) is 0.471. The molecule has 1 aromatic heterocycles. The topological polar surface area (TPSA) is 39.1 Å². The van der Waals surface area contributed by atoms with Gasteiger partial charge in [-0.1, -0.05) is 19.1 Å². The molecule has 114 valence electrons. The molecule has 4 heteroatoms. The van der Waals surface area contributed by atoms with Crippen LogP contribution in [0.4, 0.5) is 0 Å². The van der Waals surface area contributed by atoms with Gasteiger partial charge in [0.15, 0.2) is 0 Å². The second kappa shape index (κ2) is 7.27. The van der Waals surface area contributed by atoms with Gasteiger partial charge in [0.25, 0.3) is 0 Å². The highest BCUT2D eigenvalue weighted by atomic mass is 16.5. The zero-order valence-corrected chi connectivity index (χ0v) is 13.3. The number of rotatable bonds is 7. The van der Waals surface area contributed by atoms with Crippen molar-refractivity contribution >= 4 is 0 Å². The van der Waals surface area contributed by atoms with Crippen LogP contribution in [0.5, 0.6) is 5.75 Å². The average molecular weight is 287 g/mol. The lowest BCUT2D eigenvalue weighted by atomic mass is 10.1. The molecule has 0 saturated heterocycles. The van der Waals surface area contributed by atoms with E-state index >= 15 is 0 Å². The molecule has 1 unspecified atom stereocenters. The summed E-state index contributed by atoms with van der Waals surface area (Å²) in [6, 6.07) is 11.0. The lowest BCUT2D eigenvalue weighted by molar-refractivity contribution is 0.298. The van der Waals surface area contributed by atoms with Crippen LogP contribution in [0.15, 0.2) is 36.5 Å². The monoisotopic (exact) mass is 287 g/mol. The minimum Gasteiger partial charge on any atom is -0.487 e. The van der Waals surface area contributed by atoms with Gasteiger partial charge < -0.3 is 10.1 Å². The van der Waals surface area contributed by atoms with Crippen LogP contribution >= 0.6 is 0 Å². The first-order valence-corrected chi connectivity index (χ1v) is 7.60. The third-order valence-corrected chi connectivity index (χ3v) is 3.47. The van der Waals surface area contributed by atoms with Crippen LogP contribution in [0, 0.1) is 0 Å². The van der Waals surface area contributed by atoms with E-state index in [4.69, 9.17) is 4.74 Å². The Morgan fingerprint density at radius 3 is 2.43 bits per heavy atom. The maximum absolute atomic E-state index is 5.78. The van der Waals surface area contributed by atoms with Gasteiger partial charge in [-0.25, -0.2) is 0 Å². The van der Waals surface area contributed by atoms with E-state index in [1.54, 1.807) is 0 Å². The summed E-state index contributed by atoms with van der Waals surface area (Å²) in [5.41, 5.74) is 2.22. The zero-order chi connectivity index (χ0) is 15.2. The molecule has 0 saturated carbocycles. The fourth-order valence-corrected chi connectivity index (χ4v) is 2.18. The van der Waals surface area contributed by atoms with Gasteiger partial charge in [-0.3, -0.25) is 4.68 Å². The molecule has 21 heavy (non-hydrogen) atoms. The van der Waals surface area contributed by atoms with Crippen molar-refractivity contribution in [2.75, 3.05) is 6.54 Å². The van der Waals surface area contributed by atoms with Gasteiger partial charge in [-0.15, -0.1) is 0 Å². The van der Waals surface area contributed by atoms with E-state index < -0.39 is 0 Å². The molecule has 0 fully saturated rings. The quantitative estimate of drug-likeness (QED) is 0.843. The van der Waals surface area contributed by atoms with Crippen LogP contribution in [0.25, 0.3) is 0 Å². The highest BCUT2D eigenvalue weighted by Gasteiger charge is 2.05. The molecule has 2 aromatic rings. The molecule has 1 N–H and O–H groups in total. The molecule has 1 heterocycles. The summed E-state index contributed by atoms with van der Waals surface area (Å²) in [7, 11) is 0. The van der Waals surface area contributed by atoms with Crippen molar-refractivity contribution in [1.29, 1.82) is 0 Å². The maximum Gasteiger partial charge on any atom is 0.132 e. The molecule has 0 aliphatic rings. The summed E-state index contributed by atoms with van der Waals surface area (Å²) in [6.07, 6.45) is 1.99. The van der Waals surface area contributed by atoms with Crippen molar-refractivity contribution in [3.05, 3.63) is 47.8 Å². The van der Waals surface area contributed by atoms with Crippen molar-refractivity contribution in [2.45, 2.75) is 46.4 Å². The van der Waals surface area contributed by atoms with Crippen molar-refractivity contribution in [1.82, 2.24) is 15.1 Å². The highest BCUT2D eigenvalue weighted by Crippen LogP contribution is 2.18.